The minimum absolute atomic E-state index is 0.0253. The maximum Gasteiger partial charge on any atom is 0.348 e. The number of carboxylic acids is 1. The summed E-state index contributed by atoms with van der Waals surface area (Å²) in [5, 5.41) is 8.98. The lowest BCUT2D eigenvalue weighted by molar-refractivity contribution is -0.136. The Morgan fingerprint density at radius 2 is 2.05 bits per heavy atom. The molecule has 2 rings (SSSR count). The zero-order chi connectivity index (χ0) is 16.0. The molecule has 0 spiro atoms. The molecule has 0 aliphatic carbocycles. The SMILES string of the molecule is Cc1nc(=O)n(C2(C)CCS(=O)(=O)C2)c(C)c1CC(=O)O. The van der Waals surface area contributed by atoms with E-state index in [4.69, 9.17) is 5.11 Å². The third-order valence-corrected chi connectivity index (χ3v) is 5.90. The highest BCUT2D eigenvalue weighted by atomic mass is 32.2. The topological polar surface area (TPSA) is 106 Å². The van der Waals surface area contributed by atoms with E-state index in [1.165, 1.54) is 4.57 Å². The van der Waals surface area contributed by atoms with Gasteiger partial charge >= 0.3 is 11.7 Å². The lowest BCUT2D eigenvalue weighted by Gasteiger charge is -2.28. The average molecular weight is 314 g/mol. The third kappa shape index (κ3) is 2.85. The molecule has 1 fully saturated rings. The van der Waals surface area contributed by atoms with E-state index in [1.807, 2.05) is 0 Å². The Morgan fingerprint density at radius 1 is 1.43 bits per heavy atom. The second-order valence-electron chi connectivity index (χ2n) is 5.79. The Bertz CT molecular complexity index is 766. The number of carbonyl (C=O) groups is 1. The summed E-state index contributed by atoms with van der Waals surface area (Å²) in [5.41, 5.74) is -0.0741. The van der Waals surface area contributed by atoms with Crippen molar-refractivity contribution < 1.29 is 18.3 Å². The number of aryl methyl sites for hydroxylation is 1. The number of rotatable bonds is 3. The highest BCUT2D eigenvalue weighted by molar-refractivity contribution is 7.91. The largest absolute Gasteiger partial charge is 0.481 e. The summed E-state index contributed by atoms with van der Waals surface area (Å²) in [4.78, 5) is 27.0. The molecule has 1 unspecified atom stereocenters. The van der Waals surface area contributed by atoms with E-state index in [0.717, 1.165) is 0 Å². The predicted molar refractivity (Wildman–Crippen MR) is 76.2 cm³/mol. The minimum atomic E-state index is -3.19. The van der Waals surface area contributed by atoms with Crippen LogP contribution in [-0.2, 0) is 26.6 Å². The van der Waals surface area contributed by atoms with Gasteiger partial charge in [0.15, 0.2) is 9.84 Å². The maximum atomic E-state index is 12.2. The van der Waals surface area contributed by atoms with Crippen LogP contribution in [0.5, 0.6) is 0 Å². The van der Waals surface area contributed by atoms with E-state index in [-0.39, 0.29) is 17.9 Å². The number of aliphatic carboxylic acids is 1. The van der Waals surface area contributed by atoms with Gasteiger partial charge in [-0.3, -0.25) is 9.36 Å². The average Bonchev–Trinajstić information content (AvgIpc) is 2.58. The van der Waals surface area contributed by atoms with Crippen LogP contribution in [0.4, 0.5) is 0 Å². The molecule has 8 heteroatoms. The number of aromatic nitrogens is 2. The first-order valence-corrected chi connectivity index (χ1v) is 8.40. The van der Waals surface area contributed by atoms with Crippen LogP contribution in [0.3, 0.4) is 0 Å². The molecular formula is C13H18N2O5S. The number of sulfone groups is 1. The van der Waals surface area contributed by atoms with Crippen LogP contribution in [0.25, 0.3) is 0 Å². The van der Waals surface area contributed by atoms with Crippen LogP contribution in [0.1, 0.15) is 30.3 Å². The Labute approximate surface area is 122 Å². The second-order valence-corrected chi connectivity index (χ2v) is 7.97. The van der Waals surface area contributed by atoms with E-state index < -0.39 is 27.0 Å². The number of hydrogen-bond acceptors (Lipinski definition) is 5. The zero-order valence-corrected chi connectivity index (χ0v) is 13.0. The molecule has 1 N–H and O–H groups in total. The summed E-state index contributed by atoms with van der Waals surface area (Å²) in [7, 11) is -3.19. The minimum Gasteiger partial charge on any atom is -0.481 e. The second kappa shape index (κ2) is 4.94. The van der Waals surface area contributed by atoms with Crippen molar-refractivity contribution in [3.8, 4) is 0 Å². The summed E-state index contributed by atoms with van der Waals surface area (Å²) in [6, 6.07) is 0. The molecule has 1 atom stereocenters. The number of nitrogens with zero attached hydrogens (tertiary/aromatic N) is 2. The standard InChI is InChI=1S/C13H18N2O5S/c1-8-10(6-11(16)17)9(2)15(12(18)14-8)13(3)4-5-21(19,20)7-13/h4-7H2,1-3H3,(H,16,17). The van der Waals surface area contributed by atoms with Crippen molar-refractivity contribution in [3.63, 3.8) is 0 Å². The smallest absolute Gasteiger partial charge is 0.348 e. The first-order chi connectivity index (χ1) is 9.56. The van der Waals surface area contributed by atoms with Crippen molar-refractivity contribution >= 4 is 15.8 Å². The van der Waals surface area contributed by atoms with Gasteiger partial charge in [-0.2, -0.15) is 4.98 Å². The number of hydrogen-bond donors (Lipinski definition) is 1. The van der Waals surface area contributed by atoms with Crippen LogP contribution in [-0.4, -0.2) is 40.6 Å². The third-order valence-electron chi connectivity index (χ3n) is 4.01. The van der Waals surface area contributed by atoms with Crippen LogP contribution < -0.4 is 5.69 Å². The summed E-state index contributed by atoms with van der Waals surface area (Å²) in [5.74, 6) is -1.12. The molecule has 0 aromatic carbocycles. The molecule has 0 saturated carbocycles. The molecule has 0 radical (unpaired) electrons. The Hall–Kier alpha value is -1.70. The van der Waals surface area contributed by atoms with Gasteiger partial charge in [0.1, 0.15) is 0 Å². The molecule has 1 aromatic rings. The highest BCUT2D eigenvalue weighted by Gasteiger charge is 2.41. The fourth-order valence-electron chi connectivity index (χ4n) is 3.01. The van der Waals surface area contributed by atoms with Crippen molar-refractivity contribution in [2.45, 2.75) is 39.2 Å². The Balaban J connectivity index is 2.65. The lowest BCUT2D eigenvalue weighted by atomic mass is 9.99. The Morgan fingerprint density at radius 3 is 2.52 bits per heavy atom. The van der Waals surface area contributed by atoms with Gasteiger partial charge in [0, 0.05) is 17.0 Å². The molecular weight excluding hydrogens is 296 g/mol. The summed E-state index contributed by atoms with van der Waals surface area (Å²) < 4.78 is 24.8. The summed E-state index contributed by atoms with van der Waals surface area (Å²) in [6.07, 6.45) is 0.0844. The van der Waals surface area contributed by atoms with E-state index in [2.05, 4.69) is 4.98 Å². The van der Waals surface area contributed by atoms with Crippen LogP contribution in [0.2, 0.25) is 0 Å². The van der Waals surface area contributed by atoms with Crippen molar-refractivity contribution in [2.24, 2.45) is 0 Å². The fraction of sp³-hybridized carbons (Fsp3) is 0.615. The predicted octanol–water partition coefficient (Wildman–Crippen LogP) is 0.0209. The molecule has 1 aromatic heterocycles. The van der Waals surface area contributed by atoms with Crippen LogP contribution in [0, 0.1) is 13.8 Å². The highest BCUT2D eigenvalue weighted by Crippen LogP contribution is 2.31. The van der Waals surface area contributed by atoms with Crippen molar-refractivity contribution in [2.75, 3.05) is 11.5 Å². The van der Waals surface area contributed by atoms with E-state index in [9.17, 15) is 18.0 Å². The fourth-order valence-corrected chi connectivity index (χ4v) is 5.13. The molecule has 0 amide bonds. The molecule has 2 heterocycles. The van der Waals surface area contributed by atoms with Crippen molar-refractivity contribution in [3.05, 3.63) is 27.4 Å². The van der Waals surface area contributed by atoms with E-state index >= 15 is 0 Å². The normalized spacial score (nSPS) is 24.1. The van der Waals surface area contributed by atoms with Gasteiger partial charge in [0.2, 0.25) is 0 Å². The van der Waals surface area contributed by atoms with Gasteiger partial charge in [-0.05, 0) is 27.2 Å². The quantitative estimate of drug-likeness (QED) is 0.843. The molecule has 1 aliphatic rings. The van der Waals surface area contributed by atoms with Gasteiger partial charge in [-0.15, -0.1) is 0 Å². The van der Waals surface area contributed by atoms with Gasteiger partial charge in [-0.1, -0.05) is 0 Å². The molecule has 0 bridgehead atoms. The van der Waals surface area contributed by atoms with Gasteiger partial charge in [-0.25, -0.2) is 13.2 Å². The van der Waals surface area contributed by atoms with Gasteiger partial charge in [0.05, 0.1) is 23.5 Å². The molecule has 1 saturated heterocycles. The van der Waals surface area contributed by atoms with Crippen LogP contribution >= 0.6 is 0 Å². The first kappa shape index (κ1) is 15.7. The maximum absolute atomic E-state index is 12.2. The Kier molecular flexibility index (Phi) is 3.69. The number of carboxylic acid groups (broad SMARTS) is 1. The van der Waals surface area contributed by atoms with E-state index in [0.29, 0.717) is 23.4 Å². The van der Waals surface area contributed by atoms with Crippen molar-refractivity contribution in [1.29, 1.82) is 0 Å². The van der Waals surface area contributed by atoms with Crippen LogP contribution in [0.15, 0.2) is 4.79 Å². The summed E-state index contributed by atoms with van der Waals surface area (Å²) >= 11 is 0. The first-order valence-electron chi connectivity index (χ1n) is 6.57. The monoisotopic (exact) mass is 314 g/mol. The zero-order valence-electron chi connectivity index (χ0n) is 12.2. The lowest BCUT2D eigenvalue weighted by Crippen LogP contribution is -2.43. The van der Waals surface area contributed by atoms with E-state index in [1.54, 1.807) is 20.8 Å². The molecule has 21 heavy (non-hydrogen) atoms. The molecule has 116 valence electrons. The van der Waals surface area contributed by atoms with Gasteiger partial charge < -0.3 is 5.11 Å². The molecule has 1 aliphatic heterocycles. The summed E-state index contributed by atoms with van der Waals surface area (Å²) in [6.45, 7) is 4.93. The van der Waals surface area contributed by atoms with Gasteiger partial charge in [0.25, 0.3) is 0 Å². The molecule has 7 nitrogen and oxygen atoms in total. The van der Waals surface area contributed by atoms with Crippen molar-refractivity contribution in [1.82, 2.24) is 9.55 Å².